The van der Waals surface area contributed by atoms with E-state index in [9.17, 15) is 4.79 Å². The van der Waals surface area contributed by atoms with Gasteiger partial charge in [0.05, 0.1) is 29.5 Å². The molecule has 4 aromatic rings. The number of fused-ring (bicyclic) bond motifs is 1. The predicted octanol–water partition coefficient (Wildman–Crippen LogP) is 4.53. The summed E-state index contributed by atoms with van der Waals surface area (Å²) in [6.07, 6.45) is 1.73. The van der Waals surface area contributed by atoms with E-state index in [0.717, 1.165) is 16.6 Å². The molecule has 0 aliphatic heterocycles. The van der Waals surface area contributed by atoms with Gasteiger partial charge in [0.1, 0.15) is 6.61 Å². The van der Waals surface area contributed by atoms with E-state index in [4.69, 9.17) is 9.47 Å². The molecule has 0 bridgehead atoms. The number of hydrogen-bond acceptors (Lipinski definition) is 6. The van der Waals surface area contributed by atoms with Crippen molar-refractivity contribution in [3.8, 4) is 11.5 Å². The van der Waals surface area contributed by atoms with Crippen LogP contribution >= 0.6 is 11.3 Å². The fraction of sp³-hybridized carbons (Fsp3) is 0.0952. The number of methoxy groups -OCH3 is 1. The first kappa shape index (κ1) is 17.9. The number of carbonyl (C=O) groups is 1. The van der Waals surface area contributed by atoms with E-state index >= 15 is 0 Å². The Morgan fingerprint density at radius 1 is 1.11 bits per heavy atom. The van der Waals surface area contributed by atoms with Crippen LogP contribution in [-0.2, 0) is 6.61 Å². The van der Waals surface area contributed by atoms with Crippen molar-refractivity contribution in [1.29, 1.82) is 0 Å². The number of carbonyl (C=O) groups excluding carboxylic acids is 1. The van der Waals surface area contributed by atoms with E-state index in [0.29, 0.717) is 29.4 Å². The summed E-state index contributed by atoms with van der Waals surface area (Å²) in [5, 5.41) is 5.75. The van der Waals surface area contributed by atoms with Crippen molar-refractivity contribution in [1.82, 2.24) is 9.97 Å². The minimum atomic E-state index is -0.235. The number of nitrogens with one attached hydrogen (secondary N) is 1. The van der Waals surface area contributed by atoms with Gasteiger partial charge in [-0.1, -0.05) is 6.07 Å². The monoisotopic (exact) mass is 391 g/mol. The number of nitrogens with zero attached hydrogens (tertiary/aromatic N) is 2. The normalized spacial score (nSPS) is 10.6. The topological polar surface area (TPSA) is 73.3 Å². The molecule has 140 valence electrons. The summed E-state index contributed by atoms with van der Waals surface area (Å²) >= 11 is 1.51. The number of benzene rings is 2. The highest BCUT2D eigenvalue weighted by Crippen LogP contribution is 2.30. The molecule has 0 aliphatic rings. The van der Waals surface area contributed by atoms with Gasteiger partial charge in [0.15, 0.2) is 11.5 Å². The minimum absolute atomic E-state index is 0.235. The van der Waals surface area contributed by atoms with Gasteiger partial charge in [-0.25, -0.2) is 4.98 Å². The lowest BCUT2D eigenvalue weighted by Crippen LogP contribution is -2.12. The third kappa shape index (κ3) is 3.79. The molecule has 0 aliphatic carbocycles. The minimum Gasteiger partial charge on any atom is -0.493 e. The highest BCUT2D eigenvalue weighted by Gasteiger charge is 2.13. The van der Waals surface area contributed by atoms with Crippen LogP contribution in [-0.4, -0.2) is 23.0 Å². The van der Waals surface area contributed by atoms with Crippen molar-refractivity contribution >= 4 is 33.8 Å². The number of amides is 1. The fourth-order valence-electron chi connectivity index (χ4n) is 2.80. The molecule has 0 saturated heterocycles. The van der Waals surface area contributed by atoms with Crippen LogP contribution in [0.1, 0.15) is 16.1 Å². The molecular formula is C21H17N3O3S. The summed E-state index contributed by atoms with van der Waals surface area (Å²) in [6, 6.07) is 14.5. The van der Waals surface area contributed by atoms with Gasteiger partial charge in [0.25, 0.3) is 5.91 Å². The van der Waals surface area contributed by atoms with Gasteiger partial charge in [0.2, 0.25) is 0 Å². The van der Waals surface area contributed by atoms with Gasteiger partial charge in [-0.05, 0) is 42.5 Å². The van der Waals surface area contributed by atoms with Gasteiger partial charge in [0, 0.05) is 22.5 Å². The van der Waals surface area contributed by atoms with E-state index in [1.165, 1.54) is 11.3 Å². The van der Waals surface area contributed by atoms with Gasteiger partial charge in [-0.15, -0.1) is 11.3 Å². The molecule has 0 atom stereocenters. The second-order valence-corrected chi connectivity index (χ2v) is 6.68. The Labute approximate surface area is 165 Å². The van der Waals surface area contributed by atoms with E-state index in [-0.39, 0.29) is 5.91 Å². The summed E-state index contributed by atoms with van der Waals surface area (Å²) in [4.78, 5) is 21.2. The number of anilines is 1. The van der Waals surface area contributed by atoms with Crippen molar-refractivity contribution in [2.45, 2.75) is 6.61 Å². The van der Waals surface area contributed by atoms with Crippen molar-refractivity contribution < 1.29 is 14.3 Å². The molecule has 2 heterocycles. The van der Waals surface area contributed by atoms with Crippen LogP contribution in [0, 0.1) is 0 Å². The van der Waals surface area contributed by atoms with Crippen LogP contribution in [0.15, 0.2) is 65.6 Å². The Kier molecular flexibility index (Phi) is 5.16. The molecule has 4 rings (SSSR count). The van der Waals surface area contributed by atoms with E-state index in [1.54, 1.807) is 37.0 Å². The first-order valence-electron chi connectivity index (χ1n) is 8.57. The van der Waals surface area contributed by atoms with E-state index < -0.39 is 0 Å². The maximum absolute atomic E-state index is 12.7. The smallest absolute Gasteiger partial charge is 0.255 e. The standard InChI is InChI=1S/C21H17N3O3S/c1-26-20-10-14(7-8-19(20)27-11-15-12-28-13-23-15)21(25)24-18-6-2-5-17-16(18)4-3-9-22-17/h2-10,12-13H,11H2,1H3,(H,24,25). The number of thiazole rings is 1. The average Bonchev–Trinajstić information content (AvgIpc) is 3.26. The largest absolute Gasteiger partial charge is 0.493 e. The molecule has 1 N–H and O–H groups in total. The quantitative estimate of drug-likeness (QED) is 0.523. The second-order valence-electron chi connectivity index (χ2n) is 5.96. The Balaban J connectivity index is 1.54. The van der Waals surface area contributed by atoms with E-state index in [2.05, 4.69) is 15.3 Å². The highest BCUT2D eigenvalue weighted by atomic mass is 32.1. The maximum Gasteiger partial charge on any atom is 0.255 e. The van der Waals surface area contributed by atoms with Crippen molar-refractivity contribution in [3.63, 3.8) is 0 Å². The fourth-order valence-corrected chi connectivity index (χ4v) is 3.34. The van der Waals surface area contributed by atoms with E-state index in [1.807, 2.05) is 35.7 Å². The van der Waals surface area contributed by atoms with Crippen LogP contribution in [0.4, 0.5) is 5.69 Å². The average molecular weight is 391 g/mol. The molecule has 0 unspecified atom stereocenters. The molecule has 6 nitrogen and oxygen atoms in total. The van der Waals surface area contributed by atoms with Gasteiger partial charge < -0.3 is 14.8 Å². The Hall–Kier alpha value is -3.45. The van der Waals surface area contributed by atoms with Crippen molar-refractivity contribution in [3.05, 3.63) is 76.9 Å². The molecular weight excluding hydrogens is 374 g/mol. The van der Waals surface area contributed by atoms with Crippen LogP contribution in [0.5, 0.6) is 11.5 Å². The summed E-state index contributed by atoms with van der Waals surface area (Å²) in [7, 11) is 1.54. The Morgan fingerprint density at radius 2 is 2.04 bits per heavy atom. The lowest BCUT2D eigenvalue weighted by atomic mass is 10.1. The first-order valence-corrected chi connectivity index (χ1v) is 9.52. The Bertz CT molecular complexity index is 1110. The zero-order valence-corrected chi connectivity index (χ0v) is 15.9. The summed E-state index contributed by atoms with van der Waals surface area (Å²) in [5.41, 5.74) is 4.60. The number of aromatic nitrogens is 2. The van der Waals surface area contributed by atoms with Crippen LogP contribution in [0.25, 0.3) is 10.9 Å². The Morgan fingerprint density at radius 3 is 2.86 bits per heavy atom. The molecule has 0 fully saturated rings. The molecule has 0 spiro atoms. The van der Waals surface area contributed by atoms with Gasteiger partial charge in [-0.3, -0.25) is 9.78 Å². The molecule has 0 saturated carbocycles. The third-order valence-electron chi connectivity index (χ3n) is 4.18. The van der Waals surface area contributed by atoms with Crippen LogP contribution < -0.4 is 14.8 Å². The summed E-state index contributed by atoms with van der Waals surface area (Å²) in [6.45, 7) is 0.342. The molecule has 28 heavy (non-hydrogen) atoms. The highest BCUT2D eigenvalue weighted by molar-refractivity contribution is 7.07. The number of ether oxygens (including phenoxy) is 2. The predicted molar refractivity (Wildman–Crippen MR) is 109 cm³/mol. The molecule has 2 aromatic heterocycles. The van der Waals surface area contributed by atoms with Crippen LogP contribution in [0.2, 0.25) is 0 Å². The zero-order chi connectivity index (χ0) is 19.3. The SMILES string of the molecule is COc1cc(C(=O)Nc2cccc3ncccc23)ccc1OCc1cscn1. The van der Waals surface area contributed by atoms with Gasteiger partial charge in [-0.2, -0.15) is 0 Å². The van der Waals surface area contributed by atoms with Crippen LogP contribution in [0.3, 0.4) is 0 Å². The summed E-state index contributed by atoms with van der Waals surface area (Å²) in [5.74, 6) is 0.810. The first-order chi connectivity index (χ1) is 13.7. The van der Waals surface area contributed by atoms with Crippen molar-refractivity contribution in [2.24, 2.45) is 0 Å². The number of rotatable bonds is 6. The molecule has 7 heteroatoms. The molecule has 2 aromatic carbocycles. The third-order valence-corrected chi connectivity index (χ3v) is 4.81. The number of hydrogen-bond donors (Lipinski definition) is 1. The lowest BCUT2D eigenvalue weighted by Gasteiger charge is -2.12. The summed E-state index contributed by atoms with van der Waals surface area (Å²) < 4.78 is 11.2. The number of pyridine rings is 1. The molecule has 0 radical (unpaired) electrons. The zero-order valence-electron chi connectivity index (χ0n) is 15.1. The lowest BCUT2D eigenvalue weighted by molar-refractivity contribution is 0.102. The van der Waals surface area contributed by atoms with Gasteiger partial charge >= 0.3 is 0 Å². The van der Waals surface area contributed by atoms with Crippen molar-refractivity contribution in [2.75, 3.05) is 12.4 Å². The maximum atomic E-state index is 12.7. The second kappa shape index (κ2) is 8.06. The molecule has 1 amide bonds.